The molecule has 1 amide bonds. The number of benzene rings is 3. The quantitative estimate of drug-likeness (QED) is 0.427. The van der Waals surface area contributed by atoms with E-state index in [1.165, 1.54) is 18.2 Å². The van der Waals surface area contributed by atoms with E-state index in [0.29, 0.717) is 30.8 Å². The maximum atomic E-state index is 14.6. The molecule has 0 spiro atoms. The molecule has 2 heterocycles. The zero-order valence-electron chi connectivity index (χ0n) is 19.2. The van der Waals surface area contributed by atoms with Crippen molar-refractivity contribution in [2.24, 2.45) is 0 Å². The van der Waals surface area contributed by atoms with Gasteiger partial charge in [0, 0.05) is 18.5 Å². The SMILES string of the molecule is Cc1ccc2c(N3CCC(NC(=O)OCc4ccccc4)C3)nc(-c3c(O)cccc3F)nc2c1. The fourth-order valence-electron chi connectivity index (χ4n) is 4.31. The van der Waals surface area contributed by atoms with Gasteiger partial charge in [0.05, 0.1) is 17.1 Å². The van der Waals surface area contributed by atoms with Gasteiger partial charge >= 0.3 is 6.09 Å². The first-order valence-electron chi connectivity index (χ1n) is 11.5. The molecule has 0 saturated carbocycles. The zero-order chi connectivity index (χ0) is 24.4. The maximum Gasteiger partial charge on any atom is 0.407 e. The van der Waals surface area contributed by atoms with Crippen LogP contribution in [-0.2, 0) is 11.3 Å². The first kappa shape index (κ1) is 22.6. The number of carbonyl (C=O) groups is 1. The lowest BCUT2D eigenvalue weighted by atomic mass is 10.1. The number of nitrogens with one attached hydrogen (secondary N) is 1. The molecular formula is C27H25FN4O3. The number of phenolic OH excluding ortho intramolecular Hbond substituents is 1. The number of fused-ring (bicyclic) bond motifs is 1. The normalized spacial score (nSPS) is 15.4. The average molecular weight is 473 g/mol. The fourth-order valence-corrected chi connectivity index (χ4v) is 4.31. The minimum absolute atomic E-state index is 0.0319. The molecule has 1 atom stereocenters. The highest BCUT2D eigenvalue weighted by Crippen LogP contribution is 2.34. The van der Waals surface area contributed by atoms with Gasteiger partial charge in [0.1, 0.15) is 24.0 Å². The molecule has 1 fully saturated rings. The second-order valence-electron chi connectivity index (χ2n) is 8.66. The predicted octanol–water partition coefficient (Wildman–Crippen LogP) is 4.96. The lowest BCUT2D eigenvalue weighted by Crippen LogP contribution is -2.37. The van der Waals surface area contributed by atoms with Crippen molar-refractivity contribution in [1.82, 2.24) is 15.3 Å². The van der Waals surface area contributed by atoms with E-state index < -0.39 is 11.9 Å². The third-order valence-corrected chi connectivity index (χ3v) is 6.07. The monoisotopic (exact) mass is 472 g/mol. The van der Waals surface area contributed by atoms with Crippen molar-refractivity contribution in [3.63, 3.8) is 0 Å². The lowest BCUT2D eigenvalue weighted by molar-refractivity contribution is 0.136. The van der Waals surface area contributed by atoms with Crippen LogP contribution in [-0.4, -0.2) is 40.3 Å². The topological polar surface area (TPSA) is 87.6 Å². The molecule has 35 heavy (non-hydrogen) atoms. The van der Waals surface area contributed by atoms with Crippen molar-refractivity contribution in [1.29, 1.82) is 0 Å². The summed E-state index contributed by atoms with van der Waals surface area (Å²) in [5.74, 6) is -0.0582. The van der Waals surface area contributed by atoms with E-state index in [0.717, 1.165) is 16.5 Å². The number of rotatable bonds is 5. The average Bonchev–Trinajstić information content (AvgIpc) is 3.31. The standard InChI is InChI=1S/C27H25FN4O3/c1-17-10-11-20-22(14-17)30-25(24-21(28)8-5-9-23(24)33)31-26(20)32-13-12-19(15-32)29-27(34)35-16-18-6-3-2-4-7-18/h2-11,14,19,33H,12-13,15-16H2,1H3,(H,29,34). The van der Waals surface area contributed by atoms with E-state index in [4.69, 9.17) is 4.74 Å². The first-order valence-corrected chi connectivity index (χ1v) is 11.5. The van der Waals surface area contributed by atoms with Crippen LogP contribution in [0.4, 0.5) is 15.0 Å². The highest BCUT2D eigenvalue weighted by molar-refractivity contribution is 5.92. The minimum Gasteiger partial charge on any atom is -0.507 e. The summed E-state index contributed by atoms with van der Waals surface area (Å²) in [4.78, 5) is 23.6. The largest absolute Gasteiger partial charge is 0.507 e. The van der Waals surface area contributed by atoms with E-state index in [1.807, 2.05) is 60.4 Å². The molecule has 0 bridgehead atoms. The van der Waals surface area contributed by atoms with Gasteiger partial charge in [-0.2, -0.15) is 0 Å². The van der Waals surface area contributed by atoms with Crippen LogP contribution in [0, 0.1) is 12.7 Å². The molecule has 2 N–H and O–H groups in total. The number of aromatic nitrogens is 2. The van der Waals surface area contributed by atoms with Crippen LogP contribution >= 0.6 is 0 Å². The van der Waals surface area contributed by atoms with Crippen LogP contribution < -0.4 is 10.2 Å². The Balaban J connectivity index is 1.38. The van der Waals surface area contributed by atoms with Crippen LogP contribution in [0.15, 0.2) is 66.7 Å². The van der Waals surface area contributed by atoms with Crippen molar-refractivity contribution in [2.75, 3.05) is 18.0 Å². The second kappa shape index (κ2) is 9.58. The molecule has 1 saturated heterocycles. The van der Waals surface area contributed by atoms with Crippen LogP contribution in [0.1, 0.15) is 17.5 Å². The number of halogens is 1. The number of hydrogen-bond acceptors (Lipinski definition) is 6. The number of aromatic hydroxyl groups is 1. The van der Waals surface area contributed by atoms with Gasteiger partial charge in [-0.15, -0.1) is 0 Å². The summed E-state index contributed by atoms with van der Waals surface area (Å²) < 4.78 is 20.0. The summed E-state index contributed by atoms with van der Waals surface area (Å²) in [5.41, 5.74) is 2.55. The molecule has 5 rings (SSSR count). The smallest absolute Gasteiger partial charge is 0.407 e. The molecular weight excluding hydrogens is 447 g/mol. The number of amides is 1. The van der Waals surface area contributed by atoms with Gasteiger partial charge in [-0.1, -0.05) is 42.5 Å². The van der Waals surface area contributed by atoms with Gasteiger partial charge in [-0.05, 0) is 48.7 Å². The number of hydrogen-bond donors (Lipinski definition) is 2. The van der Waals surface area contributed by atoms with Crippen LogP contribution in [0.2, 0.25) is 0 Å². The Bertz CT molecular complexity index is 1360. The predicted molar refractivity (Wildman–Crippen MR) is 132 cm³/mol. The third kappa shape index (κ3) is 4.87. The first-order chi connectivity index (χ1) is 17.0. The molecule has 4 aromatic rings. The number of ether oxygens (including phenoxy) is 1. The van der Waals surface area contributed by atoms with Crippen molar-refractivity contribution in [2.45, 2.75) is 26.0 Å². The van der Waals surface area contributed by atoms with Gasteiger partial charge in [0.2, 0.25) is 0 Å². The van der Waals surface area contributed by atoms with Crippen LogP contribution in [0.25, 0.3) is 22.3 Å². The summed E-state index contributed by atoms with van der Waals surface area (Å²) in [6, 6.07) is 19.3. The molecule has 1 unspecified atom stereocenters. The summed E-state index contributed by atoms with van der Waals surface area (Å²) >= 11 is 0. The Morgan fingerprint density at radius 1 is 1.14 bits per heavy atom. The molecule has 0 aliphatic carbocycles. The van der Waals surface area contributed by atoms with E-state index in [1.54, 1.807) is 0 Å². The number of nitrogens with zero attached hydrogens (tertiary/aromatic N) is 3. The molecule has 8 heteroatoms. The van der Waals surface area contributed by atoms with Crippen molar-refractivity contribution < 1.29 is 19.0 Å². The van der Waals surface area contributed by atoms with Gasteiger partial charge < -0.3 is 20.1 Å². The Morgan fingerprint density at radius 2 is 1.97 bits per heavy atom. The summed E-state index contributed by atoms with van der Waals surface area (Å²) in [6.45, 7) is 3.32. The fraction of sp³-hybridized carbons (Fsp3) is 0.222. The maximum absolute atomic E-state index is 14.6. The highest BCUT2D eigenvalue weighted by atomic mass is 19.1. The van der Waals surface area contributed by atoms with Gasteiger partial charge in [-0.3, -0.25) is 0 Å². The summed E-state index contributed by atoms with van der Waals surface area (Å²) in [7, 11) is 0. The number of phenols is 1. The second-order valence-corrected chi connectivity index (χ2v) is 8.66. The highest BCUT2D eigenvalue weighted by Gasteiger charge is 2.28. The molecule has 7 nitrogen and oxygen atoms in total. The van der Waals surface area contributed by atoms with E-state index in [2.05, 4.69) is 15.3 Å². The van der Waals surface area contributed by atoms with Crippen molar-refractivity contribution >= 4 is 22.8 Å². The van der Waals surface area contributed by atoms with Crippen molar-refractivity contribution in [3.05, 3.63) is 83.7 Å². The van der Waals surface area contributed by atoms with E-state index >= 15 is 0 Å². The number of alkyl carbamates (subject to hydrolysis) is 1. The summed E-state index contributed by atoms with van der Waals surface area (Å²) in [6.07, 6.45) is 0.235. The van der Waals surface area contributed by atoms with Crippen molar-refractivity contribution in [3.8, 4) is 17.1 Å². The Hall–Kier alpha value is -4.20. The van der Waals surface area contributed by atoms with Crippen LogP contribution in [0.3, 0.4) is 0 Å². The molecule has 0 radical (unpaired) electrons. The Labute approximate surface area is 202 Å². The zero-order valence-corrected chi connectivity index (χ0v) is 19.2. The molecule has 1 aliphatic heterocycles. The van der Waals surface area contributed by atoms with Gasteiger partial charge in [0.15, 0.2) is 5.82 Å². The number of carbonyl (C=O) groups excluding carboxylic acids is 1. The third-order valence-electron chi connectivity index (χ3n) is 6.07. The van der Waals surface area contributed by atoms with Crippen LogP contribution in [0.5, 0.6) is 5.75 Å². The Morgan fingerprint density at radius 3 is 2.77 bits per heavy atom. The van der Waals surface area contributed by atoms with Gasteiger partial charge in [-0.25, -0.2) is 19.2 Å². The number of anilines is 1. The molecule has 1 aromatic heterocycles. The molecule has 3 aromatic carbocycles. The Kier molecular flexibility index (Phi) is 6.18. The molecule has 1 aliphatic rings. The van der Waals surface area contributed by atoms with Gasteiger partial charge in [0.25, 0.3) is 0 Å². The molecule has 178 valence electrons. The summed E-state index contributed by atoms with van der Waals surface area (Å²) in [5, 5.41) is 14.1. The minimum atomic E-state index is -0.593. The van der Waals surface area contributed by atoms with E-state index in [-0.39, 0.29) is 29.8 Å². The van der Waals surface area contributed by atoms with E-state index in [9.17, 15) is 14.3 Å². The number of aryl methyl sites for hydroxylation is 1. The lowest BCUT2D eigenvalue weighted by Gasteiger charge is -2.21.